The molecule has 1 atom stereocenters. The van der Waals surface area contributed by atoms with E-state index in [1.807, 2.05) is 0 Å². The maximum atomic E-state index is 10.0. The SMILES string of the molecule is Cc1cccc(CNCC(O)C2CCCC2)c1. The number of rotatable bonds is 5. The van der Waals surface area contributed by atoms with Crippen LogP contribution in [0.4, 0.5) is 0 Å². The minimum absolute atomic E-state index is 0.165. The normalized spacial score (nSPS) is 18.5. The third-order valence-corrected chi connectivity index (χ3v) is 3.71. The third kappa shape index (κ3) is 3.83. The van der Waals surface area contributed by atoms with Gasteiger partial charge in [-0.3, -0.25) is 0 Å². The summed E-state index contributed by atoms with van der Waals surface area (Å²) in [6, 6.07) is 8.51. The second-order valence-corrected chi connectivity index (χ2v) is 5.23. The van der Waals surface area contributed by atoms with Crippen molar-refractivity contribution in [2.24, 2.45) is 5.92 Å². The number of aryl methyl sites for hydroxylation is 1. The number of nitrogens with one attached hydrogen (secondary N) is 1. The topological polar surface area (TPSA) is 32.3 Å². The minimum atomic E-state index is -0.165. The Hall–Kier alpha value is -0.860. The molecule has 1 unspecified atom stereocenters. The molecule has 2 rings (SSSR count). The Labute approximate surface area is 104 Å². The summed E-state index contributed by atoms with van der Waals surface area (Å²) in [6.07, 6.45) is 4.82. The smallest absolute Gasteiger partial charge is 0.0692 e. The molecule has 0 bridgehead atoms. The quantitative estimate of drug-likeness (QED) is 0.819. The highest BCUT2D eigenvalue weighted by Crippen LogP contribution is 2.27. The Morgan fingerprint density at radius 1 is 1.35 bits per heavy atom. The van der Waals surface area contributed by atoms with E-state index in [0.29, 0.717) is 5.92 Å². The average molecular weight is 233 g/mol. The van der Waals surface area contributed by atoms with Crippen LogP contribution in [0.3, 0.4) is 0 Å². The molecular formula is C15H23NO. The molecular weight excluding hydrogens is 210 g/mol. The molecule has 0 aliphatic heterocycles. The standard InChI is InChI=1S/C15H23NO/c1-12-5-4-6-13(9-12)10-16-11-15(17)14-7-2-3-8-14/h4-6,9,14-17H,2-3,7-8,10-11H2,1H3. The molecule has 0 saturated heterocycles. The zero-order valence-electron chi connectivity index (χ0n) is 10.7. The van der Waals surface area contributed by atoms with Crippen LogP contribution >= 0.6 is 0 Å². The van der Waals surface area contributed by atoms with Gasteiger partial charge in [0.1, 0.15) is 0 Å². The van der Waals surface area contributed by atoms with Crippen molar-refractivity contribution in [3.05, 3.63) is 35.4 Å². The predicted octanol–water partition coefficient (Wildman–Crippen LogP) is 2.64. The van der Waals surface area contributed by atoms with Crippen LogP contribution < -0.4 is 5.32 Å². The molecule has 1 aliphatic rings. The van der Waals surface area contributed by atoms with E-state index in [9.17, 15) is 5.11 Å². The number of hydrogen-bond acceptors (Lipinski definition) is 2. The lowest BCUT2D eigenvalue weighted by atomic mass is 10.0. The summed E-state index contributed by atoms with van der Waals surface area (Å²) in [4.78, 5) is 0. The Kier molecular flexibility index (Phi) is 4.57. The lowest BCUT2D eigenvalue weighted by Crippen LogP contribution is -2.31. The molecule has 1 saturated carbocycles. The molecule has 0 radical (unpaired) electrons. The molecule has 2 heteroatoms. The van der Waals surface area contributed by atoms with Gasteiger partial charge in [0, 0.05) is 13.1 Å². The molecule has 94 valence electrons. The van der Waals surface area contributed by atoms with Crippen LogP contribution in [-0.2, 0) is 6.54 Å². The van der Waals surface area contributed by atoms with Gasteiger partial charge < -0.3 is 10.4 Å². The van der Waals surface area contributed by atoms with E-state index in [2.05, 4.69) is 36.5 Å². The molecule has 0 spiro atoms. The fourth-order valence-corrected chi connectivity index (χ4v) is 2.70. The molecule has 1 fully saturated rings. The summed E-state index contributed by atoms with van der Waals surface area (Å²) in [7, 11) is 0. The first-order valence-corrected chi connectivity index (χ1v) is 6.70. The van der Waals surface area contributed by atoms with Crippen molar-refractivity contribution < 1.29 is 5.11 Å². The van der Waals surface area contributed by atoms with Gasteiger partial charge in [-0.25, -0.2) is 0 Å². The van der Waals surface area contributed by atoms with E-state index in [0.717, 1.165) is 13.1 Å². The van der Waals surface area contributed by atoms with E-state index < -0.39 is 0 Å². The van der Waals surface area contributed by atoms with E-state index in [4.69, 9.17) is 0 Å². The molecule has 1 aliphatic carbocycles. The second-order valence-electron chi connectivity index (χ2n) is 5.23. The Morgan fingerprint density at radius 3 is 2.82 bits per heavy atom. The summed E-state index contributed by atoms with van der Waals surface area (Å²) in [5, 5.41) is 13.4. The molecule has 1 aromatic carbocycles. The molecule has 0 amide bonds. The minimum Gasteiger partial charge on any atom is -0.392 e. The summed E-state index contributed by atoms with van der Waals surface area (Å²) in [6.45, 7) is 3.68. The van der Waals surface area contributed by atoms with Gasteiger partial charge in [0.25, 0.3) is 0 Å². The van der Waals surface area contributed by atoms with Crippen LogP contribution in [-0.4, -0.2) is 17.8 Å². The Balaban J connectivity index is 1.71. The van der Waals surface area contributed by atoms with E-state index in [1.165, 1.54) is 36.8 Å². The Morgan fingerprint density at radius 2 is 2.12 bits per heavy atom. The lowest BCUT2D eigenvalue weighted by Gasteiger charge is -2.18. The monoisotopic (exact) mass is 233 g/mol. The predicted molar refractivity (Wildman–Crippen MR) is 70.9 cm³/mol. The average Bonchev–Trinajstić information content (AvgIpc) is 2.82. The van der Waals surface area contributed by atoms with Crippen LogP contribution in [0.1, 0.15) is 36.8 Å². The van der Waals surface area contributed by atoms with E-state index in [-0.39, 0.29) is 6.10 Å². The maximum Gasteiger partial charge on any atom is 0.0692 e. The summed E-state index contributed by atoms with van der Waals surface area (Å²) in [5.74, 6) is 0.528. The third-order valence-electron chi connectivity index (χ3n) is 3.71. The fraction of sp³-hybridized carbons (Fsp3) is 0.600. The number of hydrogen-bond donors (Lipinski definition) is 2. The van der Waals surface area contributed by atoms with E-state index in [1.54, 1.807) is 0 Å². The van der Waals surface area contributed by atoms with Crippen LogP contribution in [0.5, 0.6) is 0 Å². The zero-order valence-corrected chi connectivity index (χ0v) is 10.7. The summed E-state index contributed by atoms with van der Waals surface area (Å²) < 4.78 is 0. The van der Waals surface area contributed by atoms with Crippen LogP contribution in [0.25, 0.3) is 0 Å². The van der Waals surface area contributed by atoms with Crippen molar-refractivity contribution in [1.82, 2.24) is 5.32 Å². The van der Waals surface area contributed by atoms with Crippen LogP contribution in [0.15, 0.2) is 24.3 Å². The summed E-state index contributed by atoms with van der Waals surface area (Å²) >= 11 is 0. The summed E-state index contributed by atoms with van der Waals surface area (Å²) in [5.41, 5.74) is 2.59. The highest BCUT2D eigenvalue weighted by atomic mass is 16.3. The zero-order chi connectivity index (χ0) is 12.1. The number of aliphatic hydroxyl groups is 1. The van der Waals surface area contributed by atoms with Crippen molar-refractivity contribution in [3.8, 4) is 0 Å². The molecule has 1 aromatic rings. The lowest BCUT2D eigenvalue weighted by molar-refractivity contribution is 0.109. The van der Waals surface area contributed by atoms with Crippen molar-refractivity contribution >= 4 is 0 Å². The highest BCUT2D eigenvalue weighted by molar-refractivity contribution is 5.21. The fourth-order valence-electron chi connectivity index (χ4n) is 2.70. The molecule has 2 N–H and O–H groups in total. The maximum absolute atomic E-state index is 10.0. The van der Waals surface area contributed by atoms with Crippen LogP contribution in [0.2, 0.25) is 0 Å². The van der Waals surface area contributed by atoms with Gasteiger partial charge in [-0.15, -0.1) is 0 Å². The van der Waals surface area contributed by atoms with Crippen molar-refractivity contribution in [3.63, 3.8) is 0 Å². The van der Waals surface area contributed by atoms with Gasteiger partial charge in [-0.1, -0.05) is 42.7 Å². The molecule has 2 nitrogen and oxygen atoms in total. The molecule has 0 aromatic heterocycles. The first-order valence-electron chi connectivity index (χ1n) is 6.70. The van der Waals surface area contributed by atoms with Gasteiger partial charge in [-0.05, 0) is 31.2 Å². The van der Waals surface area contributed by atoms with Crippen molar-refractivity contribution in [2.75, 3.05) is 6.54 Å². The van der Waals surface area contributed by atoms with E-state index >= 15 is 0 Å². The molecule has 0 heterocycles. The highest BCUT2D eigenvalue weighted by Gasteiger charge is 2.22. The van der Waals surface area contributed by atoms with Crippen molar-refractivity contribution in [2.45, 2.75) is 45.3 Å². The Bertz CT molecular complexity index is 345. The van der Waals surface area contributed by atoms with Gasteiger partial charge in [0.15, 0.2) is 0 Å². The number of benzene rings is 1. The number of aliphatic hydroxyl groups excluding tert-OH is 1. The van der Waals surface area contributed by atoms with Gasteiger partial charge in [-0.2, -0.15) is 0 Å². The first kappa shape index (κ1) is 12.6. The largest absolute Gasteiger partial charge is 0.392 e. The van der Waals surface area contributed by atoms with Gasteiger partial charge in [0.2, 0.25) is 0 Å². The van der Waals surface area contributed by atoms with Gasteiger partial charge >= 0.3 is 0 Å². The van der Waals surface area contributed by atoms with Crippen molar-refractivity contribution in [1.29, 1.82) is 0 Å². The second kappa shape index (κ2) is 6.18. The van der Waals surface area contributed by atoms with Crippen LogP contribution in [0, 0.1) is 12.8 Å². The first-order chi connectivity index (χ1) is 8.25. The van der Waals surface area contributed by atoms with Gasteiger partial charge in [0.05, 0.1) is 6.10 Å². The molecule has 17 heavy (non-hydrogen) atoms.